The molecular formula is C16H21NO4. The maximum Gasteiger partial charge on any atom is 0.337 e. The van der Waals surface area contributed by atoms with Crippen molar-refractivity contribution in [2.75, 3.05) is 13.7 Å². The molecule has 2 rings (SSSR count). The minimum Gasteiger partial charge on any atom is -0.484 e. The SMILES string of the molecule is COC(=O)c1ccc(OCC(=O)NC2CCCCC2)cc1. The summed E-state index contributed by atoms with van der Waals surface area (Å²) in [6, 6.07) is 6.82. The molecule has 114 valence electrons. The Morgan fingerprint density at radius 2 is 1.81 bits per heavy atom. The molecule has 0 atom stereocenters. The van der Waals surface area contributed by atoms with Crippen LogP contribution in [-0.2, 0) is 9.53 Å². The standard InChI is InChI=1S/C16H21NO4/c1-20-16(19)12-7-9-14(10-8-12)21-11-15(18)17-13-5-3-2-4-6-13/h7-10,13H,2-6,11H2,1H3,(H,17,18). The number of benzene rings is 1. The molecule has 0 unspecified atom stereocenters. The number of hydrogen-bond acceptors (Lipinski definition) is 4. The third-order valence-corrected chi connectivity index (χ3v) is 3.62. The molecule has 21 heavy (non-hydrogen) atoms. The summed E-state index contributed by atoms with van der Waals surface area (Å²) < 4.78 is 10.0. The predicted octanol–water partition coefficient (Wildman–Crippen LogP) is 2.30. The molecule has 0 bridgehead atoms. The number of carbonyl (C=O) groups is 2. The fourth-order valence-corrected chi connectivity index (χ4v) is 2.47. The van der Waals surface area contributed by atoms with Crippen LogP contribution in [0.4, 0.5) is 0 Å². The van der Waals surface area contributed by atoms with Crippen molar-refractivity contribution < 1.29 is 19.1 Å². The fraction of sp³-hybridized carbons (Fsp3) is 0.500. The Balaban J connectivity index is 1.76. The van der Waals surface area contributed by atoms with E-state index in [4.69, 9.17) is 4.74 Å². The molecule has 1 saturated carbocycles. The van der Waals surface area contributed by atoms with Gasteiger partial charge in [-0.15, -0.1) is 0 Å². The lowest BCUT2D eigenvalue weighted by Crippen LogP contribution is -2.38. The first kappa shape index (κ1) is 15.4. The number of amides is 1. The van der Waals surface area contributed by atoms with Crippen LogP contribution in [0.5, 0.6) is 5.75 Å². The molecule has 1 fully saturated rings. The van der Waals surface area contributed by atoms with Crippen molar-refractivity contribution >= 4 is 11.9 Å². The molecule has 5 nitrogen and oxygen atoms in total. The third-order valence-electron chi connectivity index (χ3n) is 3.62. The van der Waals surface area contributed by atoms with Gasteiger partial charge in [0.25, 0.3) is 5.91 Å². The lowest BCUT2D eigenvalue weighted by Gasteiger charge is -2.22. The number of rotatable bonds is 5. The Kier molecular flexibility index (Phi) is 5.60. The van der Waals surface area contributed by atoms with E-state index < -0.39 is 5.97 Å². The van der Waals surface area contributed by atoms with E-state index in [9.17, 15) is 9.59 Å². The summed E-state index contributed by atoms with van der Waals surface area (Å²) in [5.41, 5.74) is 0.455. The topological polar surface area (TPSA) is 64.6 Å². The van der Waals surface area contributed by atoms with Gasteiger partial charge in [0.05, 0.1) is 12.7 Å². The molecule has 1 N–H and O–H groups in total. The van der Waals surface area contributed by atoms with Crippen LogP contribution in [0.3, 0.4) is 0 Å². The second-order valence-electron chi connectivity index (χ2n) is 5.21. The molecule has 0 radical (unpaired) electrons. The third kappa shape index (κ3) is 4.77. The van der Waals surface area contributed by atoms with E-state index in [1.165, 1.54) is 26.4 Å². The second kappa shape index (κ2) is 7.67. The van der Waals surface area contributed by atoms with Crippen LogP contribution in [0.2, 0.25) is 0 Å². The van der Waals surface area contributed by atoms with Gasteiger partial charge < -0.3 is 14.8 Å². The summed E-state index contributed by atoms with van der Waals surface area (Å²) >= 11 is 0. The van der Waals surface area contributed by atoms with Crippen molar-refractivity contribution in [2.24, 2.45) is 0 Å². The maximum absolute atomic E-state index is 11.8. The number of carbonyl (C=O) groups excluding carboxylic acids is 2. The monoisotopic (exact) mass is 291 g/mol. The van der Waals surface area contributed by atoms with Crippen molar-refractivity contribution in [3.05, 3.63) is 29.8 Å². The van der Waals surface area contributed by atoms with Crippen molar-refractivity contribution in [2.45, 2.75) is 38.1 Å². The molecular weight excluding hydrogens is 270 g/mol. The Hall–Kier alpha value is -2.04. The van der Waals surface area contributed by atoms with E-state index in [0.717, 1.165) is 12.8 Å². The van der Waals surface area contributed by atoms with E-state index >= 15 is 0 Å². The molecule has 1 aromatic carbocycles. The van der Waals surface area contributed by atoms with E-state index in [-0.39, 0.29) is 18.6 Å². The number of esters is 1. The lowest BCUT2D eigenvalue weighted by atomic mass is 9.95. The number of ether oxygens (including phenoxy) is 2. The molecule has 0 saturated heterocycles. The summed E-state index contributed by atoms with van der Waals surface area (Å²) in [7, 11) is 1.34. The number of nitrogens with one attached hydrogen (secondary N) is 1. The van der Waals surface area contributed by atoms with Crippen LogP contribution >= 0.6 is 0 Å². The Labute approximate surface area is 124 Å². The maximum atomic E-state index is 11.8. The first-order valence-corrected chi connectivity index (χ1v) is 7.29. The zero-order valence-electron chi connectivity index (χ0n) is 12.3. The second-order valence-corrected chi connectivity index (χ2v) is 5.21. The minimum atomic E-state index is -0.392. The van der Waals surface area contributed by atoms with E-state index in [1.807, 2.05) is 0 Å². The highest BCUT2D eigenvalue weighted by molar-refractivity contribution is 5.89. The number of hydrogen-bond donors (Lipinski definition) is 1. The summed E-state index contributed by atoms with van der Waals surface area (Å²) in [5.74, 6) is 0.0667. The van der Waals surface area contributed by atoms with Gasteiger partial charge in [-0.1, -0.05) is 19.3 Å². The van der Waals surface area contributed by atoms with Gasteiger partial charge in [0.15, 0.2) is 6.61 Å². The summed E-state index contributed by atoms with van der Waals surface area (Å²) in [4.78, 5) is 23.1. The smallest absolute Gasteiger partial charge is 0.337 e. The van der Waals surface area contributed by atoms with Crippen LogP contribution in [0.15, 0.2) is 24.3 Å². The average molecular weight is 291 g/mol. The average Bonchev–Trinajstić information content (AvgIpc) is 2.53. The van der Waals surface area contributed by atoms with Gasteiger partial charge in [-0.05, 0) is 37.1 Å². The molecule has 0 aromatic heterocycles. The Bertz CT molecular complexity index is 478. The van der Waals surface area contributed by atoms with Crippen molar-refractivity contribution in [1.82, 2.24) is 5.32 Å². The zero-order valence-corrected chi connectivity index (χ0v) is 12.3. The van der Waals surface area contributed by atoms with Crippen molar-refractivity contribution in [3.63, 3.8) is 0 Å². The van der Waals surface area contributed by atoms with E-state index in [1.54, 1.807) is 24.3 Å². The molecule has 1 amide bonds. The molecule has 1 aliphatic carbocycles. The fourth-order valence-electron chi connectivity index (χ4n) is 2.47. The van der Waals surface area contributed by atoms with Crippen LogP contribution in [0.25, 0.3) is 0 Å². The summed E-state index contributed by atoms with van der Waals surface area (Å²) in [5, 5.41) is 2.99. The van der Waals surface area contributed by atoms with Gasteiger partial charge in [-0.3, -0.25) is 4.79 Å². The van der Waals surface area contributed by atoms with Gasteiger partial charge >= 0.3 is 5.97 Å². The Morgan fingerprint density at radius 1 is 1.14 bits per heavy atom. The molecule has 1 aliphatic rings. The highest BCUT2D eigenvalue weighted by Crippen LogP contribution is 2.17. The minimum absolute atomic E-state index is 0.00588. The van der Waals surface area contributed by atoms with Crippen molar-refractivity contribution in [3.8, 4) is 5.75 Å². The largest absolute Gasteiger partial charge is 0.484 e. The van der Waals surface area contributed by atoms with Crippen LogP contribution in [0, 0.1) is 0 Å². The summed E-state index contributed by atoms with van der Waals surface area (Å²) in [6.07, 6.45) is 5.73. The highest BCUT2D eigenvalue weighted by Gasteiger charge is 2.15. The van der Waals surface area contributed by atoms with Crippen LogP contribution < -0.4 is 10.1 Å². The molecule has 0 heterocycles. The van der Waals surface area contributed by atoms with Gasteiger partial charge in [-0.2, -0.15) is 0 Å². The van der Waals surface area contributed by atoms with Crippen molar-refractivity contribution in [1.29, 1.82) is 0 Å². The molecule has 5 heteroatoms. The predicted molar refractivity (Wildman–Crippen MR) is 78.3 cm³/mol. The molecule has 0 aliphatic heterocycles. The number of methoxy groups -OCH3 is 1. The zero-order chi connectivity index (χ0) is 15.1. The first-order chi connectivity index (χ1) is 10.2. The van der Waals surface area contributed by atoms with Gasteiger partial charge in [-0.25, -0.2) is 4.79 Å². The van der Waals surface area contributed by atoms with E-state index in [2.05, 4.69) is 10.1 Å². The first-order valence-electron chi connectivity index (χ1n) is 7.29. The van der Waals surface area contributed by atoms with Gasteiger partial charge in [0.2, 0.25) is 0 Å². The van der Waals surface area contributed by atoms with Crippen LogP contribution in [0.1, 0.15) is 42.5 Å². The molecule has 1 aromatic rings. The normalized spacial score (nSPS) is 15.3. The molecule has 0 spiro atoms. The Morgan fingerprint density at radius 3 is 2.43 bits per heavy atom. The van der Waals surface area contributed by atoms with E-state index in [0.29, 0.717) is 11.3 Å². The summed E-state index contributed by atoms with van der Waals surface area (Å²) in [6.45, 7) is -0.00588. The van der Waals surface area contributed by atoms with Crippen LogP contribution in [-0.4, -0.2) is 31.6 Å². The quantitative estimate of drug-likeness (QED) is 0.845. The lowest BCUT2D eigenvalue weighted by molar-refractivity contribution is -0.124. The van der Waals surface area contributed by atoms with Gasteiger partial charge in [0.1, 0.15) is 5.75 Å². The highest BCUT2D eigenvalue weighted by atomic mass is 16.5. The van der Waals surface area contributed by atoms with Gasteiger partial charge in [0, 0.05) is 6.04 Å².